The predicted octanol–water partition coefficient (Wildman–Crippen LogP) is 0.195. The van der Waals surface area contributed by atoms with Gasteiger partial charge in [0.15, 0.2) is 6.54 Å². The van der Waals surface area contributed by atoms with Crippen molar-refractivity contribution in [2.75, 3.05) is 6.54 Å². The Hall–Kier alpha value is -1.64. The minimum Gasteiger partial charge on any atom is -0.857 e. The van der Waals surface area contributed by atoms with Crippen molar-refractivity contribution in [2.24, 2.45) is 5.10 Å². The van der Waals surface area contributed by atoms with Crippen molar-refractivity contribution in [2.45, 2.75) is 6.42 Å². The third kappa shape index (κ3) is 1.93. The molecule has 1 aromatic carbocycles. The Balaban J connectivity index is 2.22. The van der Waals surface area contributed by atoms with Gasteiger partial charge < -0.3 is 5.11 Å². The summed E-state index contributed by atoms with van der Waals surface area (Å²) in [5.41, 5.74) is 1.07. The summed E-state index contributed by atoms with van der Waals surface area (Å²) in [4.78, 5) is 0. The van der Waals surface area contributed by atoms with Gasteiger partial charge in [-0.25, -0.2) is 0 Å². The molecule has 0 saturated carbocycles. The van der Waals surface area contributed by atoms with Crippen LogP contribution in [0.2, 0.25) is 0 Å². The topological polar surface area (TPSA) is 38.4 Å². The van der Waals surface area contributed by atoms with Crippen LogP contribution in [0.15, 0.2) is 35.4 Å². The predicted molar refractivity (Wildman–Crippen MR) is 48.8 cm³/mol. The van der Waals surface area contributed by atoms with Gasteiger partial charge in [-0.3, -0.25) is 0 Å². The lowest BCUT2D eigenvalue weighted by atomic mass is 10.2. The van der Waals surface area contributed by atoms with E-state index in [2.05, 4.69) is 5.10 Å². The summed E-state index contributed by atoms with van der Waals surface area (Å²) in [5.74, 6) is -0.0350. The third-order valence-corrected chi connectivity index (χ3v) is 1.89. The van der Waals surface area contributed by atoms with E-state index in [-0.39, 0.29) is 5.90 Å². The zero-order valence-corrected chi connectivity index (χ0v) is 7.18. The highest BCUT2D eigenvalue weighted by Gasteiger charge is 2.10. The summed E-state index contributed by atoms with van der Waals surface area (Å²) in [7, 11) is 0. The molecule has 13 heavy (non-hydrogen) atoms. The van der Waals surface area contributed by atoms with Crippen molar-refractivity contribution in [1.29, 1.82) is 0 Å². The normalized spacial score (nSPS) is 19.1. The second-order valence-electron chi connectivity index (χ2n) is 2.95. The lowest BCUT2D eigenvalue weighted by Crippen LogP contribution is -2.13. The van der Waals surface area contributed by atoms with Gasteiger partial charge in [0.2, 0.25) is 6.21 Å². The fraction of sp³-hybridized carbons (Fsp3) is 0.200. The first kappa shape index (κ1) is 7.98. The van der Waals surface area contributed by atoms with E-state index >= 15 is 0 Å². The SMILES string of the molecule is [O-]C1=N/[N+](=C/c2ccccc2)CC1. The van der Waals surface area contributed by atoms with Crippen LogP contribution in [-0.4, -0.2) is 23.3 Å². The first-order valence-electron chi connectivity index (χ1n) is 4.26. The molecule has 0 bridgehead atoms. The van der Waals surface area contributed by atoms with Crippen LogP contribution in [-0.2, 0) is 0 Å². The zero-order valence-electron chi connectivity index (χ0n) is 7.18. The molecule has 1 heterocycles. The van der Waals surface area contributed by atoms with Crippen LogP contribution in [0.5, 0.6) is 0 Å². The molecule has 0 spiro atoms. The van der Waals surface area contributed by atoms with E-state index in [0.29, 0.717) is 13.0 Å². The minimum absolute atomic E-state index is 0.0350. The first-order valence-corrected chi connectivity index (χ1v) is 4.26. The van der Waals surface area contributed by atoms with E-state index < -0.39 is 0 Å². The van der Waals surface area contributed by atoms with Crippen molar-refractivity contribution in [3.05, 3.63) is 35.9 Å². The lowest BCUT2D eigenvalue weighted by molar-refractivity contribution is -0.519. The van der Waals surface area contributed by atoms with E-state index in [9.17, 15) is 5.11 Å². The number of rotatable bonds is 1. The largest absolute Gasteiger partial charge is 0.857 e. The van der Waals surface area contributed by atoms with Crippen molar-refractivity contribution >= 4 is 12.1 Å². The molecule has 0 aromatic heterocycles. The molecule has 0 atom stereocenters. The molecular formula is C10H10N2O. The van der Waals surface area contributed by atoms with Gasteiger partial charge in [0.25, 0.3) is 0 Å². The Morgan fingerprint density at radius 3 is 2.69 bits per heavy atom. The lowest BCUT2D eigenvalue weighted by Gasteiger charge is -1.90. The standard InChI is InChI=1S/C10H10N2O/c13-10-6-7-12(11-10)8-9-4-2-1-3-5-9/h1-5,8H,6-7H2/b12-8+. The van der Waals surface area contributed by atoms with Crippen LogP contribution < -0.4 is 5.11 Å². The van der Waals surface area contributed by atoms with Gasteiger partial charge in [-0.1, -0.05) is 22.9 Å². The molecule has 3 nitrogen and oxygen atoms in total. The number of benzene rings is 1. The van der Waals surface area contributed by atoms with E-state index in [1.165, 1.54) is 0 Å². The quantitative estimate of drug-likeness (QED) is 0.560. The molecule has 1 aliphatic rings. The van der Waals surface area contributed by atoms with Gasteiger partial charge >= 0.3 is 0 Å². The number of hydrogen-bond acceptors (Lipinski definition) is 2. The Morgan fingerprint density at radius 2 is 2.08 bits per heavy atom. The van der Waals surface area contributed by atoms with Crippen LogP contribution in [0.25, 0.3) is 0 Å². The zero-order chi connectivity index (χ0) is 9.10. The summed E-state index contributed by atoms with van der Waals surface area (Å²) in [6, 6.07) is 9.85. The van der Waals surface area contributed by atoms with Crippen LogP contribution in [0.1, 0.15) is 12.0 Å². The molecule has 0 saturated heterocycles. The van der Waals surface area contributed by atoms with Crippen LogP contribution in [0.3, 0.4) is 0 Å². The molecule has 0 unspecified atom stereocenters. The van der Waals surface area contributed by atoms with Crippen molar-refractivity contribution in [3.8, 4) is 0 Å². The van der Waals surface area contributed by atoms with E-state index in [0.717, 1.165) is 5.56 Å². The highest BCUT2D eigenvalue weighted by atomic mass is 16.3. The second-order valence-corrected chi connectivity index (χ2v) is 2.95. The first-order chi connectivity index (χ1) is 6.34. The number of nitrogens with zero attached hydrogens (tertiary/aromatic N) is 2. The Morgan fingerprint density at radius 1 is 1.31 bits per heavy atom. The Bertz CT molecular complexity index is 354. The second kappa shape index (κ2) is 3.39. The fourth-order valence-electron chi connectivity index (χ4n) is 1.26. The highest BCUT2D eigenvalue weighted by Crippen LogP contribution is 1.98. The molecule has 0 aliphatic carbocycles. The molecule has 66 valence electrons. The van der Waals surface area contributed by atoms with Crippen LogP contribution in [0, 0.1) is 0 Å². The van der Waals surface area contributed by atoms with Crippen LogP contribution in [0.4, 0.5) is 0 Å². The van der Waals surface area contributed by atoms with Gasteiger partial charge in [-0.05, 0) is 17.2 Å². The van der Waals surface area contributed by atoms with Crippen molar-refractivity contribution in [1.82, 2.24) is 0 Å². The third-order valence-electron chi connectivity index (χ3n) is 1.89. The van der Waals surface area contributed by atoms with Gasteiger partial charge in [0.1, 0.15) is 0 Å². The van der Waals surface area contributed by atoms with E-state index in [1.54, 1.807) is 4.68 Å². The maximum Gasteiger partial charge on any atom is 0.203 e. The van der Waals surface area contributed by atoms with Gasteiger partial charge in [0, 0.05) is 17.9 Å². The maximum absolute atomic E-state index is 10.8. The van der Waals surface area contributed by atoms with Gasteiger partial charge in [-0.15, -0.1) is 0 Å². The summed E-state index contributed by atoms with van der Waals surface area (Å²) in [5, 5.41) is 14.6. The molecule has 2 rings (SSSR count). The molecule has 1 aromatic rings. The fourth-order valence-corrected chi connectivity index (χ4v) is 1.26. The van der Waals surface area contributed by atoms with Gasteiger partial charge in [0.05, 0.1) is 0 Å². The van der Waals surface area contributed by atoms with Crippen molar-refractivity contribution < 1.29 is 9.79 Å². The monoisotopic (exact) mass is 174 g/mol. The number of hydrazone groups is 1. The summed E-state index contributed by atoms with van der Waals surface area (Å²) >= 11 is 0. The van der Waals surface area contributed by atoms with E-state index in [4.69, 9.17) is 0 Å². The summed E-state index contributed by atoms with van der Waals surface area (Å²) < 4.78 is 1.69. The molecular weight excluding hydrogens is 164 g/mol. The molecule has 0 fully saturated rings. The van der Waals surface area contributed by atoms with Gasteiger partial charge in [-0.2, -0.15) is 0 Å². The summed E-state index contributed by atoms with van der Waals surface area (Å²) in [6.07, 6.45) is 2.41. The van der Waals surface area contributed by atoms with Crippen molar-refractivity contribution in [3.63, 3.8) is 0 Å². The Labute approximate surface area is 76.7 Å². The molecule has 1 aliphatic heterocycles. The molecule has 0 amide bonds. The van der Waals surface area contributed by atoms with E-state index in [1.807, 2.05) is 36.5 Å². The number of hydrogen-bond donors (Lipinski definition) is 0. The maximum atomic E-state index is 10.8. The average molecular weight is 174 g/mol. The molecule has 0 radical (unpaired) electrons. The molecule has 3 heteroatoms. The highest BCUT2D eigenvalue weighted by molar-refractivity contribution is 5.77. The summed E-state index contributed by atoms with van der Waals surface area (Å²) in [6.45, 7) is 0.702. The molecule has 0 N–H and O–H groups in total. The van der Waals surface area contributed by atoms with Crippen LogP contribution >= 0.6 is 0 Å². The average Bonchev–Trinajstić information content (AvgIpc) is 2.53. The Kier molecular flexibility index (Phi) is 2.08. The minimum atomic E-state index is -0.0350. The smallest absolute Gasteiger partial charge is 0.203 e.